The van der Waals surface area contributed by atoms with Crippen molar-refractivity contribution in [3.63, 3.8) is 0 Å². The Balaban J connectivity index is 2.40. The molecular weight excluding hydrogens is 303 g/mol. The Labute approximate surface area is 135 Å². The molecule has 2 rings (SSSR count). The zero-order valence-electron chi connectivity index (χ0n) is 13.9. The van der Waals surface area contributed by atoms with Crippen LogP contribution in [-0.2, 0) is 19.1 Å². The van der Waals surface area contributed by atoms with Crippen LogP contribution in [0, 0.1) is 0 Å². The number of halogens is 3. The molecule has 0 aromatic heterocycles. The molecule has 0 heterocycles. The van der Waals surface area contributed by atoms with E-state index >= 15 is 0 Å². The lowest BCUT2D eigenvalue weighted by Crippen LogP contribution is -2.47. The van der Waals surface area contributed by atoms with Gasteiger partial charge in [0, 0.05) is 24.1 Å². The quantitative estimate of drug-likeness (QED) is 0.754. The first-order valence-corrected chi connectivity index (χ1v) is 8.21. The van der Waals surface area contributed by atoms with Crippen molar-refractivity contribution in [2.45, 2.75) is 71.1 Å². The molecular formula is C18H24F3NO. The molecule has 5 heteroatoms. The Morgan fingerprint density at radius 1 is 1.26 bits per heavy atom. The summed E-state index contributed by atoms with van der Waals surface area (Å²) in [5, 5.41) is 3.33. The maximum absolute atomic E-state index is 13.4. The predicted octanol–water partition coefficient (Wildman–Crippen LogP) is 4.89. The summed E-state index contributed by atoms with van der Waals surface area (Å²) in [5.41, 5.74) is 0.203. The number of carbonyl (C=O) groups is 1. The fraction of sp³-hybridized carbons (Fsp3) is 0.611. The van der Waals surface area contributed by atoms with Crippen molar-refractivity contribution in [2.24, 2.45) is 0 Å². The van der Waals surface area contributed by atoms with E-state index in [1.165, 1.54) is 6.07 Å². The number of nitrogens with one attached hydrogen (secondary N) is 1. The van der Waals surface area contributed by atoms with Crippen LogP contribution in [0.4, 0.5) is 13.2 Å². The number of carbonyl (C=O) groups excluding carboxylic acids is 1. The van der Waals surface area contributed by atoms with Crippen molar-refractivity contribution >= 4 is 5.78 Å². The monoisotopic (exact) mass is 327 g/mol. The van der Waals surface area contributed by atoms with Crippen molar-refractivity contribution in [1.29, 1.82) is 0 Å². The third-order valence-corrected chi connectivity index (χ3v) is 4.77. The van der Waals surface area contributed by atoms with Crippen molar-refractivity contribution in [2.75, 3.05) is 0 Å². The summed E-state index contributed by atoms with van der Waals surface area (Å²) >= 11 is 0. The fourth-order valence-electron chi connectivity index (χ4n) is 3.11. The molecule has 23 heavy (non-hydrogen) atoms. The van der Waals surface area contributed by atoms with Gasteiger partial charge in [0.2, 0.25) is 0 Å². The number of alkyl halides is 3. The minimum absolute atomic E-state index is 0.0107. The van der Waals surface area contributed by atoms with Crippen molar-refractivity contribution in [1.82, 2.24) is 5.32 Å². The predicted molar refractivity (Wildman–Crippen MR) is 84.5 cm³/mol. The number of hydrogen-bond acceptors (Lipinski definition) is 2. The highest BCUT2D eigenvalue weighted by Gasteiger charge is 2.35. The van der Waals surface area contributed by atoms with E-state index in [0.29, 0.717) is 12.1 Å². The Bertz CT molecular complexity index is 589. The topological polar surface area (TPSA) is 29.1 Å². The van der Waals surface area contributed by atoms with Crippen molar-refractivity contribution in [3.05, 3.63) is 34.4 Å². The average molecular weight is 327 g/mol. The molecule has 0 spiro atoms. The van der Waals surface area contributed by atoms with Gasteiger partial charge in [0.1, 0.15) is 0 Å². The van der Waals surface area contributed by atoms with Gasteiger partial charge in [0.25, 0.3) is 0 Å². The fourth-order valence-corrected chi connectivity index (χ4v) is 3.11. The summed E-state index contributed by atoms with van der Waals surface area (Å²) < 4.78 is 40.1. The highest BCUT2D eigenvalue weighted by molar-refractivity contribution is 5.97. The van der Waals surface area contributed by atoms with Gasteiger partial charge in [-0.3, -0.25) is 4.79 Å². The van der Waals surface area contributed by atoms with Gasteiger partial charge in [0.05, 0.1) is 5.56 Å². The summed E-state index contributed by atoms with van der Waals surface area (Å²) in [4.78, 5) is 12.1. The zero-order valence-corrected chi connectivity index (χ0v) is 13.9. The van der Waals surface area contributed by atoms with Crippen molar-refractivity contribution in [3.8, 4) is 0 Å². The minimum atomic E-state index is -4.44. The maximum Gasteiger partial charge on any atom is 0.416 e. The van der Waals surface area contributed by atoms with Crippen LogP contribution in [0.2, 0.25) is 0 Å². The third kappa shape index (κ3) is 3.94. The Kier molecular flexibility index (Phi) is 5.19. The summed E-state index contributed by atoms with van der Waals surface area (Å²) in [6.45, 7) is 5.77. The number of rotatable bonds is 6. The first-order chi connectivity index (χ1) is 10.7. The van der Waals surface area contributed by atoms with Crippen LogP contribution in [0.5, 0.6) is 0 Å². The maximum atomic E-state index is 13.4. The second-order valence-electron chi connectivity index (χ2n) is 6.57. The molecule has 1 aliphatic rings. The molecule has 1 aliphatic carbocycles. The van der Waals surface area contributed by atoms with Gasteiger partial charge >= 0.3 is 6.18 Å². The van der Waals surface area contributed by atoms with Gasteiger partial charge in [-0.05, 0) is 55.9 Å². The van der Waals surface area contributed by atoms with Gasteiger partial charge in [-0.15, -0.1) is 0 Å². The molecule has 128 valence electrons. The van der Waals surface area contributed by atoms with E-state index < -0.39 is 11.7 Å². The highest BCUT2D eigenvalue weighted by Crippen LogP contribution is 2.36. The van der Waals surface area contributed by atoms with Gasteiger partial charge in [-0.1, -0.05) is 13.8 Å². The van der Waals surface area contributed by atoms with E-state index in [1.807, 2.05) is 0 Å². The first kappa shape index (κ1) is 18.0. The average Bonchev–Trinajstić information content (AvgIpc) is 2.48. The largest absolute Gasteiger partial charge is 0.416 e. The van der Waals surface area contributed by atoms with Crippen molar-refractivity contribution < 1.29 is 18.0 Å². The molecule has 1 saturated carbocycles. The number of ketones is 1. The van der Waals surface area contributed by atoms with Crippen LogP contribution in [0.25, 0.3) is 0 Å². The molecule has 0 radical (unpaired) electrons. The Hall–Kier alpha value is -1.36. The van der Waals surface area contributed by atoms with Gasteiger partial charge in [0.15, 0.2) is 5.78 Å². The molecule has 0 atom stereocenters. The molecule has 0 aliphatic heterocycles. The molecule has 0 unspecified atom stereocenters. The Morgan fingerprint density at radius 2 is 1.91 bits per heavy atom. The molecule has 0 amide bonds. The van der Waals surface area contributed by atoms with Crippen LogP contribution in [-0.4, -0.2) is 11.3 Å². The van der Waals surface area contributed by atoms with Crippen LogP contribution in [0.1, 0.15) is 73.5 Å². The second-order valence-corrected chi connectivity index (χ2v) is 6.57. The smallest absolute Gasteiger partial charge is 0.307 e. The van der Waals surface area contributed by atoms with Crippen LogP contribution in [0.3, 0.4) is 0 Å². The number of Topliss-reactive ketones (excluding diaryl/α,β-unsaturated/α-hetero) is 1. The van der Waals surface area contributed by atoms with E-state index in [0.717, 1.165) is 19.3 Å². The first-order valence-electron chi connectivity index (χ1n) is 8.21. The summed E-state index contributed by atoms with van der Waals surface area (Å²) in [6, 6.07) is 2.83. The Morgan fingerprint density at radius 3 is 2.35 bits per heavy atom. The molecule has 0 saturated heterocycles. The standard InChI is InChI=1S/C18H24F3NO/c1-4-13-14(16(23)5-2)9-12(10-15(13)18(19,20)21)11-22-17(3)7-6-8-17/h9-10,22H,4-8,11H2,1-3H3. The summed E-state index contributed by atoms with van der Waals surface area (Å²) in [7, 11) is 0. The normalized spacial score (nSPS) is 17.0. The van der Waals surface area contributed by atoms with Crippen LogP contribution < -0.4 is 5.32 Å². The van der Waals surface area contributed by atoms with E-state index in [1.54, 1.807) is 19.9 Å². The molecule has 1 aromatic rings. The summed E-state index contributed by atoms with van der Waals surface area (Å²) in [5.74, 6) is -0.232. The van der Waals surface area contributed by atoms with Crippen LogP contribution in [0.15, 0.2) is 12.1 Å². The SMILES string of the molecule is CCC(=O)c1cc(CNC2(C)CCC2)cc(C(F)(F)F)c1CC. The van der Waals surface area contributed by atoms with Crippen LogP contribution >= 0.6 is 0 Å². The lowest BCUT2D eigenvalue weighted by atomic mass is 9.78. The molecule has 0 bridgehead atoms. The molecule has 1 fully saturated rings. The molecule has 1 N–H and O–H groups in total. The van der Waals surface area contributed by atoms with Gasteiger partial charge in [-0.2, -0.15) is 13.2 Å². The number of benzene rings is 1. The lowest BCUT2D eigenvalue weighted by molar-refractivity contribution is -0.138. The summed E-state index contributed by atoms with van der Waals surface area (Å²) in [6.07, 6.45) is -0.823. The van der Waals surface area contributed by atoms with Gasteiger partial charge < -0.3 is 5.32 Å². The molecule has 1 aromatic carbocycles. The van der Waals surface area contributed by atoms with E-state index in [-0.39, 0.29) is 35.3 Å². The highest BCUT2D eigenvalue weighted by atomic mass is 19.4. The van der Waals surface area contributed by atoms with E-state index in [2.05, 4.69) is 12.2 Å². The third-order valence-electron chi connectivity index (χ3n) is 4.77. The van der Waals surface area contributed by atoms with Gasteiger partial charge in [-0.25, -0.2) is 0 Å². The van der Waals surface area contributed by atoms with E-state index in [4.69, 9.17) is 0 Å². The van der Waals surface area contributed by atoms with E-state index in [9.17, 15) is 18.0 Å². The molecule has 2 nitrogen and oxygen atoms in total. The second kappa shape index (κ2) is 6.63. The minimum Gasteiger partial charge on any atom is -0.307 e. The zero-order chi connectivity index (χ0) is 17.3. The lowest BCUT2D eigenvalue weighted by Gasteiger charge is -2.39. The number of hydrogen-bond donors (Lipinski definition) is 1.